The van der Waals surface area contributed by atoms with E-state index in [2.05, 4.69) is 25.4 Å². The maximum atomic E-state index is 4.93. The van der Waals surface area contributed by atoms with Gasteiger partial charge < -0.3 is 5.32 Å². The number of aliphatic imine (C=N–C) groups is 1. The van der Waals surface area contributed by atoms with Crippen molar-refractivity contribution in [2.45, 2.75) is 56.4 Å². The molecule has 2 aliphatic rings. The fourth-order valence-corrected chi connectivity index (χ4v) is 4.37. The minimum Gasteiger partial charge on any atom is -0.359 e. The van der Waals surface area contributed by atoms with Crippen molar-refractivity contribution in [3.63, 3.8) is 0 Å². The standard InChI is InChI=1S/C12H22N2S2/c1-12(2)8-16-11(14-12)13-9-6-4-5-7-10(9)15-3/h9-10H,4-8H2,1-3H3,(H,13,14). The zero-order chi connectivity index (χ0) is 11.6. The zero-order valence-corrected chi connectivity index (χ0v) is 12.1. The molecule has 4 heteroatoms. The molecule has 2 atom stereocenters. The number of hydrogen-bond donors (Lipinski definition) is 1. The molecular formula is C12H22N2S2. The van der Waals surface area contributed by atoms with Gasteiger partial charge in [0, 0.05) is 16.5 Å². The minimum atomic E-state index is 0.229. The van der Waals surface area contributed by atoms with Crippen molar-refractivity contribution in [2.75, 3.05) is 12.0 Å². The molecule has 2 rings (SSSR count). The van der Waals surface area contributed by atoms with Gasteiger partial charge in [0.1, 0.15) is 0 Å². The van der Waals surface area contributed by atoms with E-state index in [1.54, 1.807) is 0 Å². The lowest BCUT2D eigenvalue weighted by atomic mass is 9.95. The minimum absolute atomic E-state index is 0.229. The van der Waals surface area contributed by atoms with E-state index in [1.165, 1.54) is 30.9 Å². The van der Waals surface area contributed by atoms with E-state index in [9.17, 15) is 0 Å². The maximum absolute atomic E-state index is 4.93. The molecule has 2 unspecified atom stereocenters. The number of thioether (sulfide) groups is 2. The summed E-state index contributed by atoms with van der Waals surface area (Å²) in [5, 5.41) is 5.45. The first-order valence-electron chi connectivity index (χ1n) is 6.12. The fourth-order valence-electron chi connectivity index (χ4n) is 2.33. The Balaban J connectivity index is 1.99. The van der Waals surface area contributed by atoms with Crippen molar-refractivity contribution in [1.29, 1.82) is 0 Å². The van der Waals surface area contributed by atoms with Gasteiger partial charge in [-0.15, -0.1) is 0 Å². The third kappa shape index (κ3) is 3.10. The molecule has 0 bridgehead atoms. The summed E-state index contributed by atoms with van der Waals surface area (Å²) < 4.78 is 0. The molecule has 1 aliphatic carbocycles. The predicted octanol–water partition coefficient (Wildman–Crippen LogP) is 3.13. The Morgan fingerprint density at radius 2 is 2.12 bits per heavy atom. The van der Waals surface area contributed by atoms with Gasteiger partial charge in [0.05, 0.1) is 6.04 Å². The van der Waals surface area contributed by atoms with E-state index in [0.717, 1.165) is 11.0 Å². The second kappa shape index (κ2) is 5.21. The summed E-state index contributed by atoms with van der Waals surface area (Å²) >= 11 is 3.88. The highest BCUT2D eigenvalue weighted by molar-refractivity contribution is 8.14. The van der Waals surface area contributed by atoms with Gasteiger partial charge in [0.15, 0.2) is 5.17 Å². The van der Waals surface area contributed by atoms with Crippen LogP contribution in [-0.2, 0) is 0 Å². The first-order valence-corrected chi connectivity index (χ1v) is 8.40. The van der Waals surface area contributed by atoms with Gasteiger partial charge in [-0.25, -0.2) is 0 Å². The van der Waals surface area contributed by atoms with Gasteiger partial charge in [-0.1, -0.05) is 24.6 Å². The summed E-state index contributed by atoms with van der Waals surface area (Å²) in [6, 6.07) is 0.549. The molecule has 0 aromatic rings. The first kappa shape index (κ1) is 12.6. The molecule has 0 amide bonds. The topological polar surface area (TPSA) is 24.4 Å². The van der Waals surface area contributed by atoms with Crippen molar-refractivity contribution < 1.29 is 0 Å². The Morgan fingerprint density at radius 1 is 1.38 bits per heavy atom. The summed E-state index contributed by atoms with van der Waals surface area (Å²) in [7, 11) is 0. The lowest BCUT2D eigenvalue weighted by molar-refractivity contribution is 0.453. The molecule has 0 aromatic heterocycles. The van der Waals surface area contributed by atoms with Crippen molar-refractivity contribution in [1.82, 2.24) is 5.32 Å². The monoisotopic (exact) mass is 258 g/mol. The molecule has 1 saturated heterocycles. The molecule has 0 radical (unpaired) electrons. The molecule has 16 heavy (non-hydrogen) atoms. The van der Waals surface area contributed by atoms with E-state index < -0.39 is 0 Å². The van der Waals surface area contributed by atoms with Crippen LogP contribution in [0, 0.1) is 0 Å². The van der Waals surface area contributed by atoms with Crippen molar-refractivity contribution in [2.24, 2.45) is 4.99 Å². The van der Waals surface area contributed by atoms with Gasteiger partial charge in [0.25, 0.3) is 0 Å². The number of nitrogens with one attached hydrogen (secondary N) is 1. The third-order valence-corrected chi connectivity index (χ3v) is 5.77. The zero-order valence-electron chi connectivity index (χ0n) is 10.5. The molecule has 1 N–H and O–H groups in total. The molecule has 92 valence electrons. The molecule has 1 heterocycles. The van der Waals surface area contributed by atoms with Crippen LogP contribution >= 0.6 is 23.5 Å². The molecule has 1 aliphatic heterocycles. The largest absolute Gasteiger partial charge is 0.359 e. The third-order valence-electron chi connectivity index (χ3n) is 3.27. The van der Waals surface area contributed by atoms with Gasteiger partial charge in [-0.05, 0) is 32.9 Å². The van der Waals surface area contributed by atoms with Crippen molar-refractivity contribution in [3.05, 3.63) is 0 Å². The average molecular weight is 258 g/mol. The van der Waals surface area contributed by atoms with Crippen LogP contribution in [0.25, 0.3) is 0 Å². The van der Waals surface area contributed by atoms with Gasteiger partial charge in [-0.3, -0.25) is 4.99 Å². The Kier molecular flexibility index (Phi) is 4.11. The average Bonchev–Trinajstić information content (AvgIpc) is 2.59. The van der Waals surface area contributed by atoms with Crippen LogP contribution < -0.4 is 5.32 Å². The number of amidine groups is 1. The lowest BCUT2D eigenvalue weighted by Gasteiger charge is -2.27. The summed E-state index contributed by atoms with van der Waals surface area (Å²) in [6.45, 7) is 4.49. The smallest absolute Gasteiger partial charge is 0.157 e. The lowest BCUT2D eigenvalue weighted by Crippen LogP contribution is -2.38. The molecule has 0 spiro atoms. The molecular weight excluding hydrogens is 236 g/mol. The second-order valence-corrected chi connectivity index (χ2v) is 7.40. The summed E-state index contributed by atoms with van der Waals surface area (Å²) in [5.41, 5.74) is 0.229. The number of rotatable bonds is 2. The Morgan fingerprint density at radius 3 is 2.75 bits per heavy atom. The quantitative estimate of drug-likeness (QED) is 0.823. The molecule has 2 nitrogen and oxygen atoms in total. The highest BCUT2D eigenvalue weighted by atomic mass is 32.2. The first-order chi connectivity index (χ1) is 7.61. The Hall–Kier alpha value is 0.170. The van der Waals surface area contributed by atoms with Gasteiger partial charge in [-0.2, -0.15) is 11.8 Å². The van der Waals surface area contributed by atoms with Gasteiger partial charge in [0.2, 0.25) is 0 Å². The number of hydrogen-bond acceptors (Lipinski definition) is 3. The van der Waals surface area contributed by atoms with Crippen LogP contribution in [0.1, 0.15) is 39.5 Å². The summed E-state index contributed by atoms with van der Waals surface area (Å²) in [5.74, 6) is 1.14. The highest BCUT2D eigenvalue weighted by Crippen LogP contribution is 2.31. The predicted molar refractivity (Wildman–Crippen MR) is 76.7 cm³/mol. The molecule has 1 saturated carbocycles. The van der Waals surface area contributed by atoms with E-state index in [4.69, 9.17) is 4.99 Å². The van der Waals surface area contributed by atoms with Crippen LogP contribution in [0.4, 0.5) is 0 Å². The van der Waals surface area contributed by atoms with Crippen molar-refractivity contribution in [3.8, 4) is 0 Å². The second-order valence-electron chi connectivity index (χ2n) is 5.36. The van der Waals surface area contributed by atoms with Crippen LogP contribution in [0.5, 0.6) is 0 Å². The van der Waals surface area contributed by atoms with Gasteiger partial charge >= 0.3 is 0 Å². The fraction of sp³-hybridized carbons (Fsp3) is 0.917. The van der Waals surface area contributed by atoms with Crippen LogP contribution in [0.3, 0.4) is 0 Å². The highest BCUT2D eigenvalue weighted by Gasteiger charge is 2.30. The van der Waals surface area contributed by atoms with E-state index in [1.807, 2.05) is 23.5 Å². The molecule has 2 fully saturated rings. The summed E-state index contributed by atoms with van der Waals surface area (Å²) in [6.07, 6.45) is 7.59. The van der Waals surface area contributed by atoms with E-state index in [0.29, 0.717) is 6.04 Å². The summed E-state index contributed by atoms with van der Waals surface area (Å²) in [4.78, 5) is 4.93. The van der Waals surface area contributed by atoms with Crippen molar-refractivity contribution >= 4 is 28.7 Å². The molecule has 0 aromatic carbocycles. The van der Waals surface area contributed by atoms with E-state index >= 15 is 0 Å². The van der Waals surface area contributed by atoms with Crippen LogP contribution in [-0.4, -0.2) is 34.0 Å². The maximum Gasteiger partial charge on any atom is 0.157 e. The Labute approximate surface area is 107 Å². The van der Waals surface area contributed by atoms with Crippen LogP contribution in [0.15, 0.2) is 4.99 Å². The normalized spacial score (nSPS) is 36.3. The van der Waals surface area contributed by atoms with E-state index in [-0.39, 0.29) is 5.54 Å². The SMILES string of the molecule is CSC1CCCCC1N=C1NC(C)(C)CS1. The Bertz CT molecular complexity index is 276. The van der Waals surface area contributed by atoms with Crippen LogP contribution in [0.2, 0.25) is 0 Å². The number of nitrogens with zero attached hydrogens (tertiary/aromatic N) is 1.